The Balaban J connectivity index is 1.85. The van der Waals surface area contributed by atoms with Gasteiger partial charge in [0, 0.05) is 5.57 Å². The van der Waals surface area contributed by atoms with Crippen molar-refractivity contribution in [3.05, 3.63) is 106 Å². The summed E-state index contributed by atoms with van der Waals surface area (Å²) in [5.74, 6) is -0.0245. The van der Waals surface area contributed by atoms with E-state index in [9.17, 15) is 9.59 Å². The van der Waals surface area contributed by atoms with Crippen LogP contribution in [0.15, 0.2) is 88.9 Å². The highest BCUT2D eigenvalue weighted by atomic mass is 79.9. The minimum atomic E-state index is -0.502. The number of ether oxygens (including phenoxy) is 2. The molecule has 1 heterocycles. The molecule has 3 aromatic rings. The second-order valence-electron chi connectivity index (χ2n) is 7.04. The third-order valence-corrected chi connectivity index (χ3v) is 5.72. The Morgan fingerprint density at radius 2 is 1.69 bits per heavy atom. The number of rotatable bonds is 5. The number of para-hydroxylation sites is 1. The summed E-state index contributed by atoms with van der Waals surface area (Å²) in [6, 6.07) is 22.1. The smallest absolute Gasteiger partial charge is 0.339 e. The lowest BCUT2D eigenvalue weighted by molar-refractivity contribution is -0.113. The van der Waals surface area contributed by atoms with Gasteiger partial charge >= 0.3 is 5.97 Å². The number of hydrogen-bond donors (Lipinski definition) is 0. The number of amides is 1. The molecule has 0 atom stereocenters. The van der Waals surface area contributed by atoms with Crippen molar-refractivity contribution in [3.63, 3.8) is 0 Å². The molecule has 5 nitrogen and oxygen atoms in total. The number of halogens is 1. The van der Waals surface area contributed by atoms with E-state index < -0.39 is 5.97 Å². The monoisotopic (exact) mass is 489 g/mol. The van der Waals surface area contributed by atoms with Crippen LogP contribution in [-0.2, 0) is 9.53 Å². The van der Waals surface area contributed by atoms with Gasteiger partial charge in [-0.2, -0.15) is 0 Å². The predicted molar refractivity (Wildman–Crippen MR) is 128 cm³/mol. The Bertz CT molecular complexity index is 1250. The van der Waals surface area contributed by atoms with E-state index in [2.05, 4.69) is 15.9 Å². The molecule has 160 valence electrons. The number of methoxy groups -OCH3 is 2. The van der Waals surface area contributed by atoms with Crippen molar-refractivity contribution in [2.24, 2.45) is 0 Å². The topological polar surface area (TPSA) is 55.8 Å². The summed E-state index contributed by atoms with van der Waals surface area (Å²) in [4.78, 5) is 27.5. The number of esters is 1. The van der Waals surface area contributed by atoms with Gasteiger partial charge in [-0.25, -0.2) is 4.79 Å². The van der Waals surface area contributed by atoms with Crippen molar-refractivity contribution in [1.82, 2.24) is 0 Å². The average Bonchev–Trinajstić information content (AvgIpc) is 3.15. The molecule has 0 aliphatic carbocycles. The van der Waals surface area contributed by atoms with Crippen LogP contribution in [0.5, 0.6) is 5.75 Å². The summed E-state index contributed by atoms with van der Waals surface area (Å²) in [6.07, 6.45) is 3.65. The van der Waals surface area contributed by atoms with E-state index in [4.69, 9.17) is 9.47 Å². The third kappa shape index (κ3) is 4.09. The summed E-state index contributed by atoms with van der Waals surface area (Å²) in [5.41, 5.74) is 3.68. The predicted octanol–water partition coefficient (Wildman–Crippen LogP) is 5.72. The van der Waals surface area contributed by atoms with Gasteiger partial charge < -0.3 is 9.47 Å². The molecule has 0 radical (unpaired) electrons. The zero-order chi connectivity index (χ0) is 22.7. The molecule has 0 N–H and O–H groups in total. The lowest BCUT2D eigenvalue weighted by Gasteiger charge is -2.23. The Labute approximate surface area is 194 Å². The Morgan fingerprint density at radius 1 is 0.969 bits per heavy atom. The quantitative estimate of drug-likeness (QED) is 0.340. The standard InChI is InChI=1S/C26H20BrNO4/c1-31-24-13-12-17(15-21(24)27)14-19-16-23(18-8-4-3-5-9-18)28(25(19)29)22-11-7-6-10-20(22)26(30)32-2/h3-16H,1-2H3/b19-14+. The lowest BCUT2D eigenvalue weighted by Crippen LogP contribution is -2.27. The maximum Gasteiger partial charge on any atom is 0.339 e. The molecule has 1 aliphatic heterocycles. The molecule has 3 aromatic carbocycles. The average molecular weight is 490 g/mol. The summed E-state index contributed by atoms with van der Waals surface area (Å²) in [7, 11) is 2.93. The van der Waals surface area contributed by atoms with E-state index in [1.54, 1.807) is 36.3 Å². The zero-order valence-electron chi connectivity index (χ0n) is 17.5. The molecule has 0 aromatic heterocycles. The number of benzene rings is 3. The third-order valence-electron chi connectivity index (χ3n) is 5.10. The Morgan fingerprint density at radius 3 is 2.38 bits per heavy atom. The zero-order valence-corrected chi connectivity index (χ0v) is 19.1. The van der Waals surface area contributed by atoms with Gasteiger partial charge in [0.25, 0.3) is 5.91 Å². The van der Waals surface area contributed by atoms with Crippen molar-refractivity contribution in [1.29, 1.82) is 0 Å². The molecule has 4 rings (SSSR count). The molecule has 0 fully saturated rings. The van der Waals surface area contributed by atoms with E-state index in [0.717, 1.165) is 15.6 Å². The van der Waals surface area contributed by atoms with Crippen LogP contribution < -0.4 is 9.64 Å². The molecular formula is C26H20BrNO4. The minimum Gasteiger partial charge on any atom is -0.496 e. The summed E-state index contributed by atoms with van der Waals surface area (Å²) in [5, 5.41) is 0. The molecule has 0 unspecified atom stereocenters. The Hall–Kier alpha value is -3.64. The van der Waals surface area contributed by atoms with E-state index in [1.807, 2.05) is 60.7 Å². The second kappa shape index (κ2) is 9.24. The van der Waals surface area contributed by atoms with Crippen molar-refractivity contribution >= 4 is 45.3 Å². The molecule has 0 spiro atoms. The highest BCUT2D eigenvalue weighted by Crippen LogP contribution is 2.37. The van der Waals surface area contributed by atoms with Gasteiger partial charge in [0.15, 0.2) is 0 Å². The maximum atomic E-state index is 13.6. The fourth-order valence-corrected chi connectivity index (χ4v) is 4.14. The first kappa shape index (κ1) is 21.6. The van der Waals surface area contributed by atoms with Crippen molar-refractivity contribution in [3.8, 4) is 5.75 Å². The number of carbonyl (C=O) groups is 2. The highest BCUT2D eigenvalue weighted by molar-refractivity contribution is 9.10. The van der Waals surface area contributed by atoms with Gasteiger partial charge in [-0.1, -0.05) is 48.5 Å². The van der Waals surface area contributed by atoms with Crippen LogP contribution >= 0.6 is 15.9 Å². The number of hydrogen-bond acceptors (Lipinski definition) is 4. The van der Waals surface area contributed by atoms with Gasteiger partial charge in [0.1, 0.15) is 5.75 Å². The number of anilines is 1. The maximum absolute atomic E-state index is 13.6. The van der Waals surface area contributed by atoms with Gasteiger partial charge in [-0.15, -0.1) is 0 Å². The molecule has 0 bridgehead atoms. The second-order valence-corrected chi connectivity index (χ2v) is 7.89. The summed E-state index contributed by atoms with van der Waals surface area (Å²) >= 11 is 3.49. The van der Waals surface area contributed by atoms with Crippen LogP contribution in [0.1, 0.15) is 21.5 Å². The summed E-state index contributed by atoms with van der Waals surface area (Å²) in [6.45, 7) is 0. The van der Waals surface area contributed by atoms with E-state index in [1.165, 1.54) is 7.11 Å². The van der Waals surface area contributed by atoms with Crippen LogP contribution in [0.2, 0.25) is 0 Å². The van der Waals surface area contributed by atoms with Crippen LogP contribution in [-0.4, -0.2) is 26.1 Å². The molecular weight excluding hydrogens is 470 g/mol. The molecule has 0 saturated carbocycles. The van der Waals surface area contributed by atoms with Crippen molar-refractivity contribution < 1.29 is 19.1 Å². The largest absolute Gasteiger partial charge is 0.496 e. The fraction of sp³-hybridized carbons (Fsp3) is 0.0769. The van der Waals surface area contributed by atoms with Gasteiger partial charge in [0.05, 0.1) is 35.6 Å². The Kier molecular flexibility index (Phi) is 6.23. The van der Waals surface area contributed by atoms with Crippen molar-refractivity contribution in [2.75, 3.05) is 19.1 Å². The van der Waals surface area contributed by atoms with E-state index >= 15 is 0 Å². The minimum absolute atomic E-state index is 0.229. The van der Waals surface area contributed by atoms with Crippen LogP contribution in [0, 0.1) is 0 Å². The molecule has 1 amide bonds. The van der Waals surface area contributed by atoms with Crippen LogP contribution in [0.3, 0.4) is 0 Å². The van der Waals surface area contributed by atoms with Gasteiger partial charge in [-0.05, 0) is 63.5 Å². The van der Waals surface area contributed by atoms with Crippen molar-refractivity contribution in [2.45, 2.75) is 0 Å². The molecule has 32 heavy (non-hydrogen) atoms. The lowest BCUT2D eigenvalue weighted by atomic mass is 10.1. The first-order valence-corrected chi connectivity index (χ1v) is 10.7. The van der Waals surface area contributed by atoms with Gasteiger partial charge in [0.2, 0.25) is 0 Å². The normalized spacial score (nSPS) is 14.5. The van der Waals surface area contributed by atoms with E-state index in [-0.39, 0.29) is 5.91 Å². The number of nitrogens with zero attached hydrogens (tertiary/aromatic N) is 1. The first-order chi connectivity index (χ1) is 15.5. The van der Waals surface area contributed by atoms with Gasteiger partial charge in [-0.3, -0.25) is 9.69 Å². The van der Waals surface area contributed by atoms with Crippen LogP contribution in [0.4, 0.5) is 5.69 Å². The van der Waals surface area contributed by atoms with E-state index in [0.29, 0.717) is 28.3 Å². The molecule has 0 saturated heterocycles. The highest BCUT2D eigenvalue weighted by Gasteiger charge is 2.33. The van der Waals surface area contributed by atoms with Crippen LogP contribution in [0.25, 0.3) is 11.8 Å². The fourth-order valence-electron chi connectivity index (χ4n) is 3.58. The SMILES string of the molecule is COC(=O)c1ccccc1N1C(=O)/C(=C/c2ccc(OC)c(Br)c2)C=C1c1ccccc1. The molecule has 6 heteroatoms. The first-order valence-electron chi connectivity index (χ1n) is 9.87. The number of carbonyl (C=O) groups excluding carboxylic acids is 2. The summed E-state index contributed by atoms with van der Waals surface area (Å²) < 4.78 is 11.0. The molecule has 1 aliphatic rings.